The van der Waals surface area contributed by atoms with Crippen LogP contribution in [0.25, 0.3) is 10.9 Å². The molecule has 0 spiro atoms. The van der Waals surface area contributed by atoms with Crippen molar-refractivity contribution >= 4 is 46.5 Å². The lowest BCUT2D eigenvalue weighted by Crippen LogP contribution is -2.50. The van der Waals surface area contributed by atoms with Crippen LogP contribution in [0, 0.1) is 0 Å². The molecule has 1 aliphatic heterocycles. The lowest BCUT2D eigenvalue weighted by atomic mass is 9.78. The maximum atomic E-state index is 14.4. The molecule has 7 nitrogen and oxygen atoms in total. The molecule has 0 fully saturated rings. The molecule has 0 amide bonds. The number of aliphatic hydroxyl groups is 1. The van der Waals surface area contributed by atoms with Crippen LogP contribution < -0.4 is 4.74 Å². The summed E-state index contributed by atoms with van der Waals surface area (Å²) in [5, 5.41) is 11.7. The zero-order valence-electron chi connectivity index (χ0n) is 19.8. The van der Waals surface area contributed by atoms with Crippen molar-refractivity contribution in [3.05, 3.63) is 57.7 Å². The molecular formula is C24H26BrF2NO6S2. The van der Waals surface area contributed by atoms with E-state index in [0.717, 1.165) is 10.7 Å². The van der Waals surface area contributed by atoms with Gasteiger partial charge in [-0.25, -0.2) is 25.6 Å². The fourth-order valence-corrected chi connectivity index (χ4v) is 7.35. The third-order valence-corrected chi connectivity index (χ3v) is 10.1. The minimum Gasteiger partial charge on any atom is -0.493 e. The van der Waals surface area contributed by atoms with Crippen molar-refractivity contribution in [3.63, 3.8) is 0 Å². The average molecular weight is 607 g/mol. The molecule has 0 radical (unpaired) electrons. The summed E-state index contributed by atoms with van der Waals surface area (Å²) in [6.45, 7) is 3.25. The van der Waals surface area contributed by atoms with Crippen molar-refractivity contribution in [3.8, 4) is 5.75 Å². The van der Waals surface area contributed by atoms with E-state index in [1.165, 1.54) is 32.0 Å². The number of rotatable bonds is 8. The smallest absolute Gasteiger partial charge is 0.281 e. The van der Waals surface area contributed by atoms with Crippen LogP contribution in [0.15, 0.2) is 45.8 Å². The van der Waals surface area contributed by atoms with Gasteiger partial charge in [0.2, 0.25) is 4.93 Å². The largest absolute Gasteiger partial charge is 0.493 e. The number of benzene rings is 2. The van der Waals surface area contributed by atoms with Crippen molar-refractivity contribution in [1.29, 1.82) is 0 Å². The van der Waals surface area contributed by atoms with E-state index in [1.54, 1.807) is 18.2 Å². The molecule has 4 rings (SSSR count). The standard InChI is InChI=1S/C24H26BrF2NO6S2/c1-23(2,19-11-18(35(3,30)31)10-14-6-7-34-21(14)19)13-24(29,22(26)27)36(32,33)12-17-9-15-8-16(25)4-5-20(15)28-17/h4-5,8-11,22,28-29H,6-7,12-13H2,1-3H3. The van der Waals surface area contributed by atoms with Crippen LogP contribution in [0.4, 0.5) is 8.78 Å². The first-order valence-electron chi connectivity index (χ1n) is 11.0. The summed E-state index contributed by atoms with van der Waals surface area (Å²) in [6.07, 6.45) is -3.04. The monoisotopic (exact) mass is 605 g/mol. The van der Waals surface area contributed by atoms with Crippen LogP contribution in [0.5, 0.6) is 5.75 Å². The Morgan fingerprint density at radius 3 is 2.47 bits per heavy atom. The van der Waals surface area contributed by atoms with Gasteiger partial charge in [-0.1, -0.05) is 29.8 Å². The Morgan fingerprint density at radius 1 is 1.14 bits per heavy atom. The van der Waals surface area contributed by atoms with E-state index in [0.29, 0.717) is 28.6 Å². The van der Waals surface area contributed by atoms with Gasteiger partial charge >= 0.3 is 0 Å². The summed E-state index contributed by atoms with van der Waals surface area (Å²) in [7, 11) is -8.47. The number of aromatic nitrogens is 1. The fourth-order valence-electron chi connectivity index (χ4n) is 4.62. The molecule has 2 N–H and O–H groups in total. The Bertz CT molecular complexity index is 1550. The summed E-state index contributed by atoms with van der Waals surface area (Å²) >= 11 is 3.33. The summed E-state index contributed by atoms with van der Waals surface area (Å²) in [5.74, 6) is -0.503. The van der Waals surface area contributed by atoms with Gasteiger partial charge < -0.3 is 14.8 Å². The summed E-state index contributed by atoms with van der Waals surface area (Å²) in [4.78, 5) is -0.527. The van der Waals surface area contributed by atoms with Crippen LogP contribution in [0.1, 0.15) is 37.1 Å². The average Bonchev–Trinajstić information content (AvgIpc) is 3.36. The second kappa shape index (κ2) is 9.07. The second-order valence-corrected chi connectivity index (χ2v) is 15.0. The number of ether oxygens (including phenoxy) is 1. The topological polar surface area (TPSA) is 114 Å². The van der Waals surface area contributed by atoms with Crippen LogP contribution >= 0.6 is 15.9 Å². The lowest BCUT2D eigenvalue weighted by Gasteiger charge is -2.36. The van der Waals surface area contributed by atoms with Gasteiger partial charge in [-0.2, -0.15) is 0 Å². The molecule has 0 aliphatic carbocycles. The normalized spacial score (nSPS) is 16.2. The Kier molecular flexibility index (Phi) is 6.81. The molecule has 2 aromatic carbocycles. The quantitative estimate of drug-likeness (QED) is 0.391. The van der Waals surface area contributed by atoms with Gasteiger partial charge in [-0.15, -0.1) is 0 Å². The van der Waals surface area contributed by atoms with Gasteiger partial charge in [-0.05, 0) is 47.4 Å². The summed E-state index contributed by atoms with van der Waals surface area (Å²) < 4.78 is 86.2. The molecule has 196 valence electrons. The predicted octanol–water partition coefficient (Wildman–Crippen LogP) is 4.51. The lowest BCUT2D eigenvalue weighted by molar-refractivity contribution is -0.0519. The highest BCUT2D eigenvalue weighted by Crippen LogP contribution is 2.45. The Balaban J connectivity index is 1.74. The van der Waals surface area contributed by atoms with Gasteiger partial charge in [0.1, 0.15) is 5.75 Å². The number of aromatic amines is 1. The number of hydrogen-bond acceptors (Lipinski definition) is 6. The van der Waals surface area contributed by atoms with Gasteiger partial charge in [0.15, 0.2) is 19.7 Å². The number of H-pyrrole nitrogens is 1. The third-order valence-electron chi connectivity index (χ3n) is 6.47. The molecule has 3 aromatic rings. The summed E-state index contributed by atoms with van der Waals surface area (Å²) in [6, 6.07) is 9.54. The van der Waals surface area contributed by atoms with E-state index in [-0.39, 0.29) is 22.8 Å². The zero-order valence-corrected chi connectivity index (χ0v) is 23.0. The predicted molar refractivity (Wildman–Crippen MR) is 136 cm³/mol. The second-order valence-electron chi connectivity index (χ2n) is 9.82. The molecule has 1 atom stereocenters. The Labute approximate surface area is 216 Å². The number of fused-ring (bicyclic) bond motifs is 2. The molecule has 36 heavy (non-hydrogen) atoms. The maximum absolute atomic E-state index is 14.4. The van der Waals surface area contributed by atoms with Crippen molar-refractivity contribution in [2.45, 2.75) is 54.1 Å². The van der Waals surface area contributed by atoms with E-state index >= 15 is 0 Å². The van der Waals surface area contributed by atoms with E-state index in [1.807, 2.05) is 0 Å². The summed E-state index contributed by atoms with van der Waals surface area (Å²) in [5.41, 5.74) is 0.229. The van der Waals surface area contributed by atoms with Crippen molar-refractivity contribution in [2.24, 2.45) is 0 Å². The van der Waals surface area contributed by atoms with Crippen molar-refractivity contribution < 1.29 is 35.5 Å². The van der Waals surface area contributed by atoms with Gasteiger partial charge in [0.25, 0.3) is 6.43 Å². The Morgan fingerprint density at radius 2 is 1.83 bits per heavy atom. The molecular weight excluding hydrogens is 580 g/mol. The molecule has 1 aliphatic rings. The molecule has 0 bridgehead atoms. The first-order valence-corrected chi connectivity index (χ1v) is 15.4. The van der Waals surface area contributed by atoms with E-state index in [4.69, 9.17) is 4.74 Å². The number of sulfone groups is 2. The first-order chi connectivity index (χ1) is 16.5. The van der Waals surface area contributed by atoms with Gasteiger partial charge in [-0.3, -0.25) is 0 Å². The van der Waals surface area contributed by atoms with E-state index in [2.05, 4.69) is 20.9 Å². The van der Waals surface area contributed by atoms with Gasteiger partial charge in [0, 0.05) is 45.7 Å². The maximum Gasteiger partial charge on any atom is 0.281 e. The highest BCUT2D eigenvalue weighted by atomic mass is 79.9. The molecule has 12 heteroatoms. The highest BCUT2D eigenvalue weighted by molar-refractivity contribution is 9.10. The molecule has 0 saturated heterocycles. The minimum atomic E-state index is -4.82. The third kappa shape index (κ3) is 4.92. The highest BCUT2D eigenvalue weighted by Gasteiger charge is 2.54. The zero-order chi connectivity index (χ0) is 26.7. The Hall–Kier alpha value is -2.02. The SMILES string of the molecule is CC(C)(CC(O)(C(F)F)S(=O)(=O)Cc1cc2cc(Br)ccc2[nH]1)c1cc(S(C)(=O)=O)cc2c1OCC2. The van der Waals surface area contributed by atoms with Crippen LogP contribution in [-0.2, 0) is 37.3 Å². The van der Waals surface area contributed by atoms with Crippen molar-refractivity contribution in [1.82, 2.24) is 4.98 Å². The molecule has 1 unspecified atom stereocenters. The van der Waals surface area contributed by atoms with Gasteiger partial charge in [0.05, 0.1) is 17.3 Å². The molecule has 1 aromatic heterocycles. The molecule has 2 heterocycles. The van der Waals surface area contributed by atoms with Crippen molar-refractivity contribution in [2.75, 3.05) is 12.9 Å². The van der Waals surface area contributed by atoms with E-state index < -0.39 is 48.6 Å². The number of hydrogen-bond donors (Lipinski definition) is 2. The first kappa shape index (κ1) is 27.0. The van der Waals surface area contributed by atoms with Crippen LogP contribution in [-0.4, -0.2) is 51.1 Å². The number of alkyl halides is 2. The molecule has 0 saturated carbocycles. The minimum absolute atomic E-state index is 0.0255. The van der Waals surface area contributed by atoms with E-state index in [9.17, 15) is 30.7 Å². The van der Waals surface area contributed by atoms with Crippen LogP contribution in [0.3, 0.4) is 0 Å². The number of halogens is 3. The van der Waals surface area contributed by atoms with Crippen LogP contribution in [0.2, 0.25) is 0 Å². The number of nitrogens with one attached hydrogen (secondary N) is 1. The fraction of sp³-hybridized carbons (Fsp3) is 0.417.